The van der Waals surface area contributed by atoms with Crippen molar-refractivity contribution in [1.29, 1.82) is 5.26 Å². The van der Waals surface area contributed by atoms with Crippen LogP contribution in [0.25, 0.3) is 0 Å². The summed E-state index contributed by atoms with van der Waals surface area (Å²) >= 11 is 0. The molecule has 2 N–H and O–H groups in total. The monoisotopic (exact) mass is 265 g/mol. The topological polar surface area (TPSA) is 64.9 Å². The van der Waals surface area contributed by atoms with Gasteiger partial charge in [0.15, 0.2) is 0 Å². The Morgan fingerprint density at radius 1 is 1.10 bits per heavy atom. The van der Waals surface area contributed by atoms with E-state index in [9.17, 15) is 4.79 Å². The quantitative estimate of drug-likeness (QED) is 0.893. The SMILES string of the molecule is CC(Nc1cccc(C#N)c1)C(=O)Nc1ccccc1. The first kappa shape index (κ1) is 13.6. The van der Waals surface area contributed by atoms with Gasteiger partial charge in [-0.1, -0.05) is 24.3 Å². The molecule has 2 rings (SSSR count). The van der Waals surface area contributed by atoms with E-state index in [1.54, 1.807) is 25.1 Å². The molecule has 0 aliphatic carbocycles. The van der Waals surface area contributed by atoms with E-state index in [1.165, 1.54) is 0 Å². The largest absolute Gasteiger partial charge is 0.374 e. The average molecular weight is 265 g/mol. The predicted octanol–water partition coefficient (Wildman–Crippen LogP) is 3.00. The van der Waals surface area contributed by atoms with E-state index < -0.39 is 6.04 Å². The number of rotatable bonds is 4. The Morgan fingerprint density at radius 2 is 1.80 bits per heavy atom. The molecule has 0 aliphatic heterocycles. The second-order valence-electron chi connectivity index (χ2n) is 4.41. The molecule has 0 aliphatic rings. The van der Waals surface area contributed by atoms with Gasteiger partial charge >= 0.3 is 0 Å². The van der Waals surface area contributed by atoms with Crippen LogP contribution in [0.4, 0.5) is 11.4 Å². The van der Waals surface area contributed by atoms with Crippen molar-refractivity contribution in [2.75, 3.05) is 10.6 Å². The molecular formula is C16H15N3O. The third-order valence-electron chi connectivity index (χ3n) is 2.81. The molecule has 2 aromatic rings. The first-order valence-corrected chi connectivity index (χ1v) is 6.31. The summed E-state index contributed by atoms with van der Waals surface area (Å²) in [5.74, 6) is -0.126. The number of amides is 1. The van der Waals surface area contributed by atoms with Gasteiger partial charge < -0.3 is 10.6 Å². The molecule has 100 valence electrons. The summed E-state index contributed by atoms with van der Waals surface area (Å²) in [5.41, 5.74) is 2.07. The van der Waals surface area contributed by atoms with E-state index in [1.807, 2.05) is 36.4 Å². The minimum atomic E-state index is -0.399. The van der Waals surface area contributed by atoms with Gasteiger partial charge in [-0.05, 0) is 37.3 Å². The van der Waals surface area contributed by atoms with Crippen LogP contribution in [-0.2, 0) is 4.79 Å². The number of nitrogens with one attached hydrogen (secondary N) is 2. The van der Waals surface area contributed by atoms with Gasteiger partial charge in [-0.25, -0.2) is 0 Å². The summed E-state index contributed by atoms with van der Waals surface area (Å²) in [5, 5.41) is 14.7. The lowest BCUT2D eigenvalue weighted by atomic mass is 10.2. The van der Waals surface area contributed by atoms with E-state index in [-0.39, 0.29) is 5.91 Å². The molecule has 0 spiro atoms. The molecule has 2 aromatic carbocycles. The van der Waals surface area contributed by atoms with Crippen LogP contribution in [-0.4, -0.2) is 11.9 Å². The fourth-order valence-corrected chi connectivity index (χ4v) is 1.77. The van der Waals surface area contributed by atoms with Crippen LogP contribution >= 0.6 is 0 Å². The number of para-hydroxylation sites is 1. The number of nitrogens with zero attached hydrogens (tertiary/aromatic N) is 1. The van der Waals surface area contributed by atoms with Crippen LogP contribution in [0.15, 0.2) is 54.6 Å². The van der Waals surface area contributed by atoms with Gasteiger partial charge in [0.05, 0.1) is 11.6 Å². The van der Waals surface area contributed by atoms with Gasteiger partial charge in [0.1, 0.15) is 6.04 Å². The molecule has 0 saturated carbocycles. The highest BCUT2D eigenvalue weighted by atomic mass is 16.2. The van der Waals surface area contributed by atoms with Crippen molar-refractivity contribution < 1.29 is 4.79 Å². The second kappa shape index (κ2) is 6.39. The molecule has 0 bridgehead atoms. The fourth-order valence-electron chi connectivity index (χ4n) is 1.77. The summed E-state index contributed by atoms with van der Waals surface area (Å²) in [6.45, 7) is 1.78. The van der Waals surface area contributed by atoms with Crippen LogP contribution in [0.1, 0.15) is 12.5 Å². The van der Waals surface area contributed by atoms with Crippen LogP contribution in [0.3, 0.4) is 0 Å². The minimum Gasteiger partial charge on any atom is -0.374 e. The van der Waals surface area contributed by atoms with Crippen LogP contribution in [0.2, 0.25) is 0 Å². The van der Waals surface area contributed by atoms with Crippen molar-refractivity contribution in [3.63, 3.8) is 0 Å². The van der Waals surface area contributed by atoms with E-state index in [0.717, 1.165) is 11.4 Å². The van der Waals surface area contributed by atoms with Gasteiger partial charge in [-0.2, -0.15) is 5.26 Å². The maximum atomic E-state index is 12.0. The Hall–Kier alpha value is -2.80. The van der Waals surface area contributed by atoms with E-state index in [4.69, 9.17) is 5.26 Å². The number of benzene rings is 2. The first-order chi connectivity index (χ1) is 9.69. The molecule has 0 saturated heterocycles. The molecule has 20 heavy (non-hydrogen) atoms. The molecule has 0 heterocycles. The molecule has 4 nitrogen and oxygen atoms in total. The molecule has 1 unspecified atom stereocenters. The third-order valence-corrected chi connectivity index (χ3v) is 2.81. The number of hydrogen-bond donors (Lipinski definition) is 2. The highest BCUT2D eigenvalue weighted by Crippen LogP contribution is 2.12. The molecule has 1 atom stereocenters. The summed E-state index contributed by atoms with van der Waals surface area (Å²) in [6, 6.07) is 18.0. The second-order valence-corrected chi connectivity index (χ2v) is 4.41. The first-order valence-electron chi connectivity index (χ1n) is 6.31. The number of anilines is 2. The smallest absolute Gasteiger partial charge is 0.246 e. The van der Waals surface area contributed by atoms with Crippen molar-refractivity contribution in [1.82, 2.24) is 0 Å². The average Bonchev–Trinajstić information content (AvgIpc) is 2.48. The van der Waals surface area contributed by atoms with E-state index in [0.29, 0.717) is 5.56 Å². The number of carbonyl (C=O) groups excluding carboxylic acids is 1. The third kappa shape index (κ3) is 3.59. The van der Waals surface area contributed by atoms with Gasteiger partial charge in [0.2, 0.25) is 5.91 Å². The van der Waals surface area contributed by atoms with Crippen LogP contribution in [0.5, 0.6) is 0 Å². The summed E-state index contributed by atoms with van der Waals surface area (Å²) in [6.07, 6.45) is 0. The molecule has 0 aromatic heterocycles. The van der Waals surface area contributed by atoms with Crippen molar-refractivity contribution in [2.45, 2.75) is 13.0 Å². The molecule has 4 heteroatoms. The zero-order valence-corrected chi connectivity index (χ0v) is 11.1. The number of hydrogen-bond acceptors (Lipinski definition) is 3. The van der Waals surface area contributed by atoms with Gasteiger partial charge in [0.25, 0.3) is 0 Å². The predicted molar refractivity (Wildman–Crippen MR) is 79.3 cm³/mol. The Kier molecular flexibility index (Phi) is 4.35. The van der Waals surface area contributed by atoms with Crippen LogP contribution < -0.4 is 10.6 Å². The van der Waals surface area contributed by atoms with Gasteiger partial charge in [-0.15, -0.1) is 0 Å². The number of carbonyl (C=O) groups is 1. The van der Waals surface area contributed by atoms with E-state index >= 15 is 0 Å². The normalized spacial score (nSPS) is 11.2. The lowest BCUT2D eigenvalue weighted by molar-refractivity contribution is -0.116. The lowest BCUT2D eigenvalue weighted by Crippen LogP contribution is -2.31. The highest BCUT2D eigenvalue weighted by molar-refractivity contribution is 5.96. The molecule has 1 amide bonds. The van der Waals surface area contributed by atoms with Gasteiger partial charge in [-0.3, -0.25) is 4.79 Å². The standard InChI is InChI=1S/C16H15N3O/c1-12(16(20)19-14-7-3-2-4-8-14)18-15-9-5-6-13(10-15)11-17/h2-10,12,18H,1H3,(H,19,20). The Balaban J connectivity index is 1.99. The molecule has 0 radical (unpaired) electrons. The number of nitriles is 1. The zero-order valence-electron chi connectivity index (χ0n) is 11.1. The van der Waals surface area contributed by atoms with Crippen LogP contribution in [0, 0.1) is 11.3 Å². The van der Waals surface area contributed by atoms with Crippen molar-refractivity contribution in [3.05, 3.63) is 60.2 Å². The lowest BCUT2D eigenvalue weighted by Gasteiger charge is -2.15. The minimum absolute atomic E-state index is 0.126. The van der Waals surface area contributed by atoms with Gasteiger partial charge in [0, 0.05) is 11.4 Å². The van der Waals surface area contributed by atoms with Crippen molar-refractivity contribution in [2.24, 2.45) is 0 Å². The summed E-state index contributed by atoms with van der Waals surface area (Å²) < 4.78 is 0. The maximum absolute atomic E-state index is 12.0. The van der Waals surface area contributed by atoms with Crippen molar-refractivity contribution >= 4 is 17.3 Å². The summed E-state index contributed by atoms with van der Waals surface area (Å²) in [7, 11) is 0. The zero-order chi connectivity index (χ0) is 14.4. The Labute approximate surface area is 118 Å². The Bertz CT molecular complexity index is 632. The maximum Gasteiger partial charge on any atom is 0.246 e. The van der Waals surface area contributed by atoms with E-state index in [2.05, 4.69) is 16.7 Å². The Morgan fingerprint density at radius 3 is 2.50 bits per heavy atom. The molecular weight excluding hydrogens is 250 g/mol. The summed E-state index contributed by atoms with van der Waals surface area (Å²) in [4.78, 5) is 12.0. The molecule has 0 fully saturated rings. The van der Waals surface area contributed by atoms with Crippen molar-refractivity contribution in [3.8, 4) is 6.07 Å². The fraction of sp³-hybridized carbons (Fsp3) is 0.125. The highest BCUT2D eigenvalue weighted by Gasteiger charge is 2.12.